The van der Waals surface area contributed by atoms with E-state index < -0.39 is 17.7 Å². The Hall–Kier alpha value is -4.83. The Kier molecular flexibility index (Phi) is 7.07. The maximum atomic E-state index is 13.7. The predicted octanol–water partition coefficient (Wildman–Crippen LogP) is 5.66. The number of amides is 1. The van der Waals surface area contributed by atoms with Crippen LogP contribution in [0.4, 0.5) is 5.13 Å². The van der Waals surface area contributed by atoms with E-state index >= 15 is 0 Å². The second-order valence-corrected chi connectivity index (χ2v) is 10.3. The monoisotopic (exact) mass is 570 g/mol. The molecule has 1 aromatic heterocycles. The lowest BCUT2D eigenvalue weighted by Gasteiger charge is -2.23. The minimum absolute atomic E-state index is 0.0678. The molecule has 1 amide bonds. The second-order valence-electron chi connectivity index (χ2n) is 9.26. The lowest BCUT2D eigenvalue weighted by molar-refractivity contribution is -0.132. The maximum absolute atomic E-state index is 13.7. The Morgan fingerprint density at radius 1 is 1.07 bits per heavy atom. The van der Waals surface area contributed by atoms with Crippen molar-refractivity contribution in [3.05, 3.63) is 90.0 Å². The maximum Gasteiger partial charge on any atom is 0.301 e. The van der Waals surface area contributed by atoms with E-state index in [4.69, 9.17) is 18.9 Å². The van der Waals surface area contributed by atoms with Crippen molar-refractivity contribution in [2.75, 3.05) is 31.3 Å². The SMILES string of the molecule is C=CCOc1cccc(C2/C(=C(\O)c3ccc4c(c3)OCCO4)C(=O)C(=O)N2c2nc3ccc(OCC)cc3s2)c1. The second kappa shape index (κ2) is 11.0. The number of hydrogen-bond donors (Lipinski definition) is 1. The number of carbonyl (C=O) groups excluding carboxylic acids is 2. The zero-order valence-electron chi connectivity index (χ0n) is 22.2. The van der Waals surface area contributed by atoms with E-state index in [1.165, 1.54) is 16.2 Å². The number of ketones is 1. The number of hydrogen-bond acceptors (Lipinski definition) is 9. The van der Waals surface area contributed by atoms with Gasteiger partial charge in [0.2, 0.25) is 0 Å². The standard InChI is InChI=1S/C31H26N2O7S/c1-3-12-38-20-7-5-6-18(15-20)27-26(28(34)19-8-11-23-24(16-19)40-14-13-39-23)29(35)30(36)33(27)31-32-22-10-9-21(37-4-2)17-25(22)41-31/h3,5-11,15-17,27,34H,1,4,12-14H2,2H3/b28-26+. The van der Waals surface area contributed by atoms with Crippen molar-refractivity contribution in [2.24, 2.45) is 0 Å². The van der Waals surface area contributed by atoms with Crippen LogP contribution < -0.4 is 23.8 Å². The van der Waals surface area contributed by atoms with Crippen LogP contribution in [0.2, 0.25) is 0 Å². The summed E-state index contributed by atoms with van der Waals surface area (Å²) in [5, 5.41) is 11.9. The van der Waals surface area contributed by atoms with Gasteiger partial charge in [-0.3, -0.25) is 14.5 Å². The zero-order valence-corrected chi connectivity index (χ0v) is 23.0. The highest BCUT2D eigenvalue weighted by atomic mass is 32.1. The van der Waals surface area contributed by atoms with Crippen molar-refractivity contribution in [3.63, 3.8) is 0 Å². The molecule has 6 rings (SSSR count). The molecule has 2 aliphatic rings. The third-order valence-corrected chi connectivity index (χ3v) is 7.68. The molecule has 0 aliphatic carbocycles. The summed E-state index contributed by atoms with van der Waals surface area (Å²) in [5.74, 6) is 0.243. The first-order valence-corrected chi connectivity index (χ1v) is 13.9. The van der Waals surface area contributed by atoms with Crippen molar-refractivity contribution >= 4 is 44.1 Å². The van der Waals surface area contributed by atoms with Crippen LogP contribution in [-0.2, 0) is 9.59 Å². The number of ether oxygens (including phenoxy) is 4. The average molecular weight is 571 g/mol. The molecule has 4 aromatic rings. The van der Waals surface area contributed by atoms with Gasteiger partial charge < -0.3 is 24.1 Å². The molecule has 1 N–H and O–H groups in total. The van der Waals surface area contributed by atoms with Gasteiger partial charge in [-0.05, 0) is 61.0 Å². The van der Waals surface area contributed by atoms with Crippen LogP contribution >= 0.6 is 11.3 Å². The van der Waals surface area contributed by atoms with Gasteiger partial charge in [0, 0.05) is 5.56 Å². The van der Waals surface area contributed by atoms with Crippen LogP contribution in [0, 0.1) is 0 Å². The summed E-state index contributed by atoms with van der Waals surface area (Å²) in [7, 11) is 0. The molecule has 2 aliphatic heterocycles. The molecular formula is C31H26N2O7S. The number of fused-ring (bicyclic) bond motifs is 2. The summed E-state index contributed by atoms with van der Waals surface area (Å²) < 4.78 is 23.4. The molecule has 0 saturated carbocycles. The molecule has 10 heteroatoms. The molecule has 1 saturated heterocycles. The third kappa shape index (κ3) is 4.87. The molecule has 1 atom stereocenters. The molecule has 0 radical (unpaired) electrons. The number of aromatic nitrogens is 1. The van der Waals surface area contributed by atoms with Gasteiger partial charge in [-0.25, -0.2) is 4.98 Å². The summed E-state index contributed by atoms with van der Waals surface area (Å²) >= 11 is 1.26. The van der Waals surface area contributed by atoms with Crippen molar-refractivity contribution in [2.45, 2.75) is 13.0 Å². The van der Waals surface area contributed by atoms with E-state index in [9.17, 15) is 14.7 Å². The Balaban J connectivity index is 1.51. The normalized spacial score (nSPS) is 17.6. The van der Waals surface area contributed by atoms with Gasteiger partial charge in [-0.2, -0.15) is 0 Å². The zero-order chi connectivity index (χ0) is 28.5. The smallest absolute Gasteiger partial charge is 0.301 e. The lowest BCUT2D eigenvalue weighted by Crippen LogP contribution is -2.29. The topological polar surface area (TPSA) is 107 Å². The molecule has 41 heavy (non-hydrogen) atoms. The van der Waals surface area contributed by atoms with Gasteiger partial charge in [-0.15, -0.1) is 0 Å². The van der Waals surface area contributed by atoms with Crippen LogP contribution in [0.5, 0.6) is 23.0 Å². The van der Waals surface area contributed by atoms with E-state index in [1.807, 2.05) is 25.1 Å². The molecule has 0 spiro atoms. The van der Waals surface area contributed by atoms with Gasteiger partial charge in [-0.1, -0.05) is 36.1 Å². The highest BCUT2D eigenvalue weighted by Crippen LogP contribution is 2.46. The van der Waals surface area contributed by atoms with Crippen LogP contribution in [0.25, 0.3) is 16.0 Å². The molecule has 3 aromatic carbocycles. The lowest BCUT2D eigenvalue weighted by atomic mass is 9.95. The Bertz CT molecular complexity index is 1710. The molecule has 9 nitrogen and oxygen atoms in total. The fraction of sp³-hybridized carbons (Fsp3) is 0.194. The number of aliphatic hydroxyl groups excluding tert-OH is 1. The summed E-state index contributed by atoms with van der Waals surface area (Å²) in [6.45, 7) is 7.16. The van der Waals surface area contributed by atoms with E-state index in [-0.39, 0.29) is 17.9 Å². The van der Waals surface area contributed by atoms with Crippen LogP contribution in [0.3, 0.4) is 0 Å². The summed E-state index contributed by atoms with van der Waals surface area (Å²) in [5.41, 5.74) is 1.48. The molecule has 3 heterocycles. The van der Waals surface area contributed by atoms with Gasteiger partial charge in [0.1, 0.15) is 37.1 Å². The minimum Gasteiger partial charge on any atom is -0.507 e. The first kappa shape index (κ1) is 26.4. The Labute approximate surface area is 239 Å². The molecule has 1 unspecified atom stereocenters. The quantitative estimate of drug-likeness (QED) is 0.125. The van der Waals surface area contributed by atoms with Crippen molar-refractivity contribution < 1.29 is 33.6 Å². The van der Waals surface area contributed by atoms with Gasteiger partial charge >= 0.3 is 5.91 Å². The van der Waals surface area contributed by atoms with Crippen molar-refractivity contribution in [1.82, 2.24) is 4.98 Å². The third-order valence-electron chi connectivity index (χ3n) is 6.67. The number of nitrogens with zero attached hydrogens (tertiary/aromatic N) is 2. The summed E-state index contributed by atoms with van der Waals surface area (Å²) in [4.78, 5) is 33.3. The number of carbonyl (C=O) groups is 2. The fourth-order valence-electron chi connectivity index (χ4n) is 4.87. The number of thiazole rings is 1. The van der Waals surface area contributed by atoms with E-state index in [0.29, 0.717) is 64.6 Å². The largest absolute Gasteiger partial charge is 0.507 e. The van der Waals surface area contributed by atoms with Crippen molar-refractivity contribution in [1.29, 1.82) is 0 Å². The number of Topliss-reactive ketones (excluding diaryl/α,β-unsaturated/α-hetero) is 1. The van der Waals surface area contributed by atoms with Crippen LogP contribution in [0.15, 0.2) is 78.9 Å². The predicted molar refractivity (Wildman–Crippen MR) is 155 cm³/mol. The molecule has 208 valence electrons. The number of rotatable bonds is 8. The van der Waals surface area contributed by atoms with Crippen LogP contribution in [0.1, 0.15) is 24.1 Å². The van der Waals surface area contributed by atoms with Crippen LogP contribution in [-0.4, -0.2) is 48.2 Å². The fourth-order valence-corrected chi connectivity index (χ4v) is 5.89. The number of benzene rings is 3. The number of aliphatic hydroxyl groups is 1. The average Bonchev–Trinajstić information content (AvgIpc) is 3.53. The van der Waals surface area contributed by atoms with Gasteiger partial charge in [0.25, 0.3) is 5.78 Å². The molecule has 0 bridgehead atoms. The van der Waals surface area contributed by atoms with E-state index in [2.05, 4.69) is 11.6 Å². The highest BCUT2D eigenvalue weighted by Gasteiger charge is 2.48. The Morgan fingerprint density at radius 2 is 1.88 bits per heavy atom. The van der Waals surface area contributed by atoms with Crippen molar-refractivity contribution in [3.8, 4) is 23.0 Å². The number of anilines is 1. The van der Waals surface area contributed by atoms with Gasteiger partial charge in [0.15, 0.2) is 16.6 Å². The first-order chi connectivity index (χ1) is 20.0. The summed E-state index contributed by atoms with van der Waals surface area (Å²) in [6.07, 6.45) is 1.62. The highest BCUT2D eigenvalue weighted by molar-refractivity contribution is 7.22. The minimum atomic E-state index is -0.970. The van der Waals surface area contributed by atoms with Gasteiger partial charge in [0.05, 0.1) is 28.4 Å². The van der Waals surface area contributed by atoms with E-state index in [0.717, 1.165) is 4.70 Å². The molecular weight excluding hydrogens is 544 g/mol. The summed E-state index contributed by atoms with van der Waals surface area (Å²) in [6, 6.07) is 16.5. The first-order valence-electron chi connectivity index (χ1n) is 13.1. The van der Waals surface area contributed by atoms with E-state index in [1.54, 1.807) is 48.5 Å². The molecule has 1 fully saturated rings. The Morgan fingerprint density at radius 3 is 2.68 bits per heavy atom.